The Morgan fingerprint density at radius 2 is 2.17 bits per heavy atom. The topological polar surface area (TPSA) is 51.1 Å². The van der Waals surface area contributed by atoms with Crippen LogP contribution in [0.25, 0.3) is 22.8 Å². The fourth-order valence-electron chi connectivity index (χ4n) is 1.80. The molecule has 0 unspecified atom stereocenters. The van der Waals surface area contributed by atoms with Crippen LogP contribution in [0, 0.1) is 0 Å². The number of furan rings is 1. The van der Waals surface area contributed by atoms with Gasteiger partial charge in [-0.3, -0.25) is 0 Å². The highest BCUT2D eigenvalue weighted by Gasteiger charge is 2.07. The molecule has 18 heavy (non-hydrogen) atoms. The number of rotatable bonds is 3. The number of hydrogen-bond acceptors (Lipinski definition) is 3. The average molecular weight is 240 g/mol. The molecule has 0 aliphatic rings. The summed E-state index contributed by atoms with van der Waals surface area (Å²) in [6, 6.07) is 11.5. The van der Waals surface area contributed by atoms with Gasteiger partial charge in [-0.05, 0) is 24.3 Å². The number of aromatic nitrogens is 2. The zero-order valence-electron chi connectivity index (χ0n) is 9.88. The molecule has 0 radical (unpaired) electrons. The Hall–Kier alpha value is -2.49. The van der Waals surface area contributed by atoms with Gasteiger partial charge in [-0.15, -0.1) is 0 Å². The molecule has 0 saturated heterocycles. The SMILES string of the molecule is COc1cccc(-c2cnc(-c3ccco3)[nH]2)c1. The lowest BCUT2D eigenvalue weighted by Crippen LogP contribution is -1.83. The number of imidazole rings is 1. The van der Waals surface area contributed by atoms with Crippen LogP contribution in [0.5, 0.6) is 5.75 Å². The Morgan fingerprint density at radius 3 is 2.94 bits per heavy atom. The highest BCUT2D eigenvalue weighted by molar-refractivity contribution is 5.63. The minimum Gasteiger partial charge on any atom is -0.497 e. The van der Waals surface area contributed by atoms with Gasteiger partial charge in [0.15, 0.2) is 11.6 Å². The first kappa shape index (κ1) is 10.7. The highest BCUT2D eigenvalue weighted by atomic mass is 16.5. The number of hydrogen-bond donors (Lipinski definition) is 1. The number of nitrogens with zero attached hydrogens (tertiary/aromatic N) is 1. The van der Waals surface area contributed by atoms with Crippen LogP contribution in [-0.2, 0) is 0 Å². The normalized spacial score (nSPS) is 10.5. The second kappa shape index (κ2) is 4.41. The van der Waals surface area contributed by atoms with E-state index < -0.39 is 0 Å². The van der Waals surface area contributed by atoms with Crippen molar-refractivity contribution in [2.24, 2.45) is 0 Å². The molecule has 4 nitrogen and oxygen atoms in total. The van der Waals surface area contributed by atoms with Gasteiger partial charge in [0, 0.05) is 5.56 Å². The number of methoxy groups -OCH3 is 1. The molecule has 4 heteroatoms. The summed E-state index contributed by atoms with van der Waals surface area (Å²) in [5.74, 6) is 2.27. The summed E-state index contributed by atoms with van der Waals surface area (Å²) < 4.78 is 10.5. The van der Waals surface area contributed by atoms with E-state index in [9.17, 15) is 0 Å². The van der Waals surface area contributed by atoms with Crippen molar-refractivity contribution in [2.75, 3.05) is 7.11 Å². The third-order valence-corrected chi connectivity index (χ3v) is 2.71. The maximum absolute atomic E-state index is 5.30. The van der Waals surface area contributed by atoms with Crippen LogP contribution in [0.1, 0.15) is 0 Å². The summed E-state index contributed by atoms with van der Waals surface area (Å²) in [6.45, 7) is 0. The second-order valence-corrected chi connectivity index (χ2v) is 3.85. The molecule has 0 saturated carbocycles. The Bertz CT molecular complexity index is 641. The predicted octanol–water partition coefficient (Wildman–Crippen LogP) is 3.35. The largest absolute Gasteiger partial charge is 0.497 e. The van der Waals surface area contributed by atoms with Crippen LogP contribution >= 0.6 is 0 Å². The number of aromatic amines is 1. The molecule has 90 valence electrons. The van der Waals surface area contributed by atoms with Crippen LogP contribution < -0.4 is 4.74 Å². The Morgan fingerprint density at radius 1 is 1.22 bits per heavy atom. The third kappa shape index (κ3) is 1.88. The lowest BCUT2D eigenvalue weighted by Gasteiger charge is -2.01. The standard InChI is InChI=1S/C14H12N2O2/c1-17-11-5-2-4-10(8-11)12-9-15-14(16-12)13-6-3-7-18-13/h2-9H,1H3,(H,15,16). The number of ether oxygens (including phenoxy) is 1. The molecule has 0 aliphatic heterocycles. The van der Waals surface area contributed by atoms with Crippen LogP contribution in [0.15, 0.2) is 53.3 Å². The molecule has 0 atom stereocenters. The minimum atomic E-state index is 0.720. The van der Waals surface area contributed by atoms with Crippen molar-refractivity contribution in [2.45, 2.75) is 0 Å². The monoisotopic (exact) mass is 240 g/mol. The fourth-order valence-corrected chi connectivity index (χ4v) is 1.80. The van der Waals surface area contributed by atoms with Crippen molar-refractivity contribution in [3.8, 4) is 28.6 Å². The molecule has 0 spiro atoms. The molecule has 1 N–H and O–H groups in total. The molecule has 0 fully saturated rings. The average Bonchev–Trinajstić information content (AvgIpc) is 3.09. The van der Waals surface area contributed by atoms with Gasteiger partial charge in [0.2, 0.25) is 0 Å². The fraction of sp³-hybridized carbons (Fsp3) is 0.0714. The summed E-state index contributed by atoms with van der Waals surface area (Å²) >= 11 is 0. The molecule has 2 heterocycles. The summed E-state index contributed by atoms with van der Waals surface area (Å²) in [7, 11) is 1.65. The van der Waals surface area contributed by atoms with E-state index in [1.165, 1.54) is 0 Å². The van der Waals surface area contributed by atoms with E-state index in [2.05, 4.69) is 9.97 Å². The van der Waals surface area contributed by atoms with Crippen molar-refractivity contribution >= 4 is 0 Å². The lowest BCUT2D eigenvalue weighted by molar-refractivity contribution is 0.415. The van der Waals surface area contributed by atoms with E-state index in [0.29, 0.717) is 0 Å². The Labute approximate surface area is 104 Å². The molecule has 2 aromatic heterocycles. The first-order valence-electron chi connectivity index (χ1n) is 5.60. The number of H-pyrrole nitrogens is 1. The van der Waals surface area contributed by atoms with Crippen molar-refractivity contribution in [3.63, 3.8) is 0 Å². The molecule has 0 bridgehead atoms. The first-order valence-corrected chi connectivity index (χ1v) is 5.60. The zero-order chi connectivity index (χ0) is 12.4. The highest BCUT2D eigenvalue weighted by Crippen LogP contribution is 2.25. The number of benzene rings is 1. The molecule has 3 rings (SSSR count). The molecule has 1 aromatic carbocycles. The summed E-state index contributed by atoms with van der Waals surface area (Å²) in [4.78, 5) is 7.52. The Balaban J connectivity index is 1.97. The van der Waals surface area contributed by atoms with Crippen LogP contribution in [-0.4, -0.2) is 17.1 Å². The zero-order valence-corrected chi connectivity index (χ0v) is 9.88. The summed E-state index contributed by atoms with van der Waals surface area (Å²) in [5, 5.41) is 0. The van der Waals surface area contributed by atoms with Gasteiger partial charge in [0.05, 0.1) is 25.3 Å². The van der Waals surface area contributed by atoms with Crippen LogP contribution in [0.4, 0.5) is 0 Å². The molecule has 3 aromatic rings. The molecule has 0 amide bonds. The smallest absolute Gasteiger partial charge is 0.173 e. The number of nitrogens with one attached hydrogen (secondary N) is 1. The van der Waals surface area contributed by atoms with Gasteiger partial charge < -0.3 is 14.1 Å². The van der Waals surface area contributed by atoms with Gasteiger partial charge in [-0.2, -0.15) is 0 Å². The maximum Gasteiger partial charge on any atom is 0.173 e. The quantitative estimate of drug-likeness (QED) is 0.763. The van der Waals surface area contributed by atoms with Gasteiger partial charge in [0.1, 0.15) is 5.75 Å². The van der Waals surface area contributed by atoms with E-state index >= 15 is 0 Å². The molecular weight excluding hydrogens is 228 g/mol. The van der Waals surface area contributed by atoms with Crippen molar-refractivity contribution in [1.29, 1.82) is 0 Å². The second-order valence-electron chi connectivity index (χ2n) is 3.85. The lowest BCUT2D eigenvalue weighted by atomic mass is 10.1. The van der Waals surface area contributed by atoms with Crippen LogP contribution in [0.3, 0.4) is 0 Å². The van der Waals surface area contributed by atoms with E-state index in [1.807, 2.05) is 36.4 Å². The van der Waals surface area contributed by atoms with Gasteiger partial charge in [-0.1, -0.05) is 12.1 Å². The molecule has 0 aliphatic carbocycles. The molecular formula is C14H12N2O2. The van der Waals surface area contributed by atoms with E-state index in [0.717, 1.165) is 28.6 Å². The van der Waals surface area contributed by atoms with Crippen molar-refractivity contribution in [3.05, 3.63) is 48.9 Å². The Kier molecular flexibility index (Phi) is 2.61. The first-order chi connectivity index (χ1) is 8.86. The van der Waals surface area contributed by atoms with Gasteiger partial charge in [0.25, 0.3) is 0 Å². The van der Waals surface area contributed by atoms with Crippen molar-refractivity contribution in [1.82, 2.24) is 9.97 Å². The van der Waals surface area contributed by atoms with E-state index in [4.69, 9.17) is 9.15 Å². The third-order valence-electron chi connectivity index (χ3n) is 2.71. The van der Waals surface area contributed by atoms with E-state index in [-0.39, 0.29) is 0 Å². The summed E-state index contributed by atoms with van der Waals surface area (Å²) in [5.41, 5.74) is 1.96. The van der Waals surface area contributed by atoms with E-state index in [1.54, 1.807) is 19.6 Å². The predicted molar refractivity (Wildman–Crippen MR) is 68.3 cm³/mol. The van der Waals surface area contributed by atoms with Crippen LogP contribution in [0.2, 0.25) is 0 Å². The van der Waals surface area contributed by atoms with Crippen molar-refractivity contribution < 1.29 is 9.15 Å². The summed E-state index contributed by atoms with van der Waals surface area (Å²) in [6.07, 6.45) is 3.41. The maximum atomic E-state index is 5.30. The van der Waals surface area contributed by atoms with Gasteiger partial charge >= 0.3 is 0 Å². The van der Waals surface area contributed by atoms with Gasteiger partial charge in [-0.25, -0.2) is 4.98 Å². The minimum absolute atomic E-state index is 0.720.